The molecule has 54 heavy (non-hydrogen) atoms. The number of hydrogen-bond acceptors (Lipinski definition) is 2. The topological polar surface area (TPSA) is 16.4 Å². The van der Waals surface area contributed by atoms with Crippen molar-refractivity contribution in [1.29, 1.82) is 0 Å². The molecular weight excluding hydrogens is 655 g/mol. The van der Waals surface area contributed by atoms with Crippen molar-refractivity contribution >= 4 is 82.1 Å². The molecule has 0 aliphatic carbocycles. The van der Waals surface area contributed by atoms with Crippen molar-refractivity contribution in [2.24, 2.45) is 0 Å². The molecular formula is C52H33NO. The van der Waals surface area contributed by atoms with Gasteiger partial charge in [-0.05, 0) is 114 Å². The maximum atomic E-state index is 6.53. The van der Waals surface area contributed by atoms with Crippen LogP contribution in [0, 0.1) is 0 Å². The molecule has 0 amide bonds. The third-order valence-electron chi connectivity index (χ3n) is 11.0. The Morgan fingerprint density at radius 2 is 0.815 bits per heavy atom. The van der Waals surface area contributed by atoms with Crippen molar-refractivity contribution in [1.82, 2.24) is 0 Å². The van der Waals surface area contributed by atoms with E-state index in [9.17, 15) is 0 Å². The zero-order valence-corrected chi connectivity index (χ0v) is 29.4. The minimum atomic E-state index is 0.873. The maximum absolute atomic E-state index is 6.53. The van der Waals surface area contributed by atoms with Gasteiger partial charge in [0.25, 0.3) is 0 Å². The Kier molecular flexibility index (Phi) is 6.90. The van der Waals surface area contributed by atoms with Crippen LogP contribution in [-0.4, -0.2) is 0 Å². The van der Waals surface area contributed by atoms with Crippen molar-refractivity contribution in [2.75, 3.05) is 4.90 Å². The second-order valence-corrected chi connectivity index (χ2v) is 14.1. The molecule has 0 saturated heterocycles. The van der Waals surface area contributed by atoms with Crippen LogP contribution in [0.4, 0.5) is 17.1 Å². The van der Waals surface area contributed by atoms with Crippen molar-refractivity contribution in [3.05, 3.63) is 200 Å². The number of furan rings is 1. The van der Waals surface area contributed by atoms with Crippen LogP contribution in [0.25, 0.3) is 87.3 Å². The number of hydrogen-bond donors (Lipinski definition) is 0. The van der Waals surface area contributed by atoms with Gasteiger partial charge >= 0.3 is 0 Å². The highest BCUT2D eigenvalue weighted by atomic mass is 16.3. The molecule has 0 radical (unpaired) electrons. The van der Waals surface area contributed by atoms with Crippen LogP contribution in [0.3, 0.4) is 0 Å². The van der Waals surface area contributed by atoms with Crippen LogP contribution < -0.4 is 4.90 Å². The Balaban J connectivity index is 1.05. The van der Waals surface area contributed by atoms with E-state index in [1.807, 2.05) is 0 Å². The normalized spacial score (nSPS) is 11.7. The van der Waals surface area contributed by atoms with E-state index in [4.69, 9.17) is 4.42 Å². The molecule has 1 aromatic heterocycles. The van der Waals surface area contributed by atoms with Crippen molar-refractivity contribution in [3.63, 3.8) is 0 Å². The van der Waals surface area contributed by atoms with Crippen LogP contribution in [0.1, 0.15) is 0 Å². The second-order valence-electron chi connectivity index (χ2n) is 14.1. The van der Waals surface area contributed by atoms with E-state index in [-0.39, 0.29) is 0 Å². The summed E-state index contributed by atoms with van der Waals surface area (Å²) < 4.78 is 6.53. The fraction of sp³-hybridized carbons (Fsp3) is 0. The van der Waals surface area contributed by atoms with Crippen LogP contribution >= 0.6 is 0 Å². The lowest BCUT2D eigenvalue weighted by Crippen LogP contribution is -2.10. The molecule has 2 nitrogen and oxygen atoms in total. The van der Waals surface area contributed by atoms with Gasteiger partial charge in [-0.3, -0.25) is 0 Å². The molecule has 2 heteroatoms. The zero-order chi connectivity index (χ0) is 35.6. The minimum Gasteiger partial charge on any atom is -0.456 e. The molecule has 0 N–H and O–H groups in total. The van der Waals surface area contributed by atoms with Crippen LogP contribution in [-0.2, 0) is 0 Å². The van der Waals surface area contributed by atoms with Crippen LogP contribution in [0.2, 0.25) is 0 Å². The fourth-order valence-electron chi connectivity index (χ4n) is 8.43. The van der Waals surface area contributed by atoms with Gasteiger partial charge in [0.15, 0.2) is 0 Å². The minimum absolute atomic E-state index is 0.873. The van der Waals surface area contributed by atoms with E-state index >= 15 is 0 Å². The first-order valence-electron chi connectivity index (χ1n) is 18.5. The maximum Gasteiger partial charge on any atom is 0.137 e. The summed E-state index contributed by atoms with van der Waals surface area (Å²) in [5.41, 5.74) is 9.76. The monoisotopic (exact) mass is 687 g/mol. The summed E-state index contributed by atoms with van der Waals surface area (Å²) in [6.45, 7) is 0. The molecule has 11 rings (SSSR count). The lowest BCUT2D eigenvalue weighted by Gasteiger charge is -2.27. The number of benzene rings is 10. The molecule has 0 unspecified atom stereocenters. The summed E-state index contributed by atoms with van der Waals surface area (Å²) in [7, 11) is 0. The Labute approximate surface area is 312 Å². The molecule has 0 aliphatic rings. The van der Waals surface area contributed by atoms with Gasteiger partial charge < -0.3 is 9.32 Å². The van der Waals surface area contributed by atoms with Gasteiger partial charge in [-0.1, -0.05) is 152 Å². The molecule has 0 atom stereocenters. The third-order valence-corrected chi connectivity index (χ3v) is 11.0. The van der Waals surface area contributed by atoms with E-state index in [0.29, 0.717) is 0 Å². The molecule has 10 aromatic carbocycles. The lowest BCUT2D eigenvalue weighted by atomic mass is 9.95. The van der Waals surface area contributed by atoms with Gasteiger partial charge in [0.2, 0.25) is 0 Å². The van der Waals surface area contributed by atoms with Gasteiger partial charge in [0.1, 0.15) is 11.2 Å². The second kappa shape index (κ2) is 12.2. The fourth-order valence-corrected chi connectivity index (χ4v) is 8.43. The smallest absolute Gasteiger partial charge is 0.137 e. The Bertz CT molecular complexity index is 3190. The van der Waals surface area contributed by atoms with Crippen LogP contribution in [0.5, 0.6) is 0 Å². The first-order valence-corrected chi connectivity index (χ1v) is 18.5. The predicted octanol–water partition coefficient (Wildman–Crippen LogP) is 15.0. The highest BCUT2D eigenvalue weighted by Crippen LogP contribution is 2.45. The molecule has 0 bridgehead atoms. The number of fused-ring (bicyclic) bond motifs is 10. The average molecular weight is 688 g/mol. The van der Waals surface area contributed by atoms with Crippen LogP contribution in [0.15, 0.2) is 205 Å². The third kappa shape index (κ3) is 4.88. The standard InChI is InChI=1S/C52H33NO/c1-2-9-34(10-3-1)35-17-25-41(26-18-35)53(48-15-8-16-49-52(48)51-45-14-7-5-12-38(45)24-32-50(51)54-49)42-27-19-36(20-28-42)39-22-29-44-40(33-39)23-31-46-43-13-6-4-11-37(43)21-30-47(44)46/h1-33H. The van der Waals surface area contributed by atoms with Gasteiger partial charge in [0.05, 0.1) is 11.1 Å². The van der Waals surface area contributed by atoms with Gasteiger partial charge in [-0.2, -0.15) is 0 Å². The molecule has 1 heterocycles. The van der Waals surface area contributed by atoms with Gasteiger partial charge in [-0.15, -0.1) is 0 Å². The Hall–Kier alpha value is -7.16. The molecule has 0 spiro atoms. The summed E-state index contributed by atoms with van der Waals surface area (Å²) in [6.07, 6.45) is 0. The molecule has 11 aromatic rings. The summed E-state index contributed by atoms with van der Waals surface area (Å²) in [5, 5.41) is 12.3. The van der Waals surface area contributed by atoms with Crippen molar-refractivity contribution < 1.29 is 4.42 Å². The van der Waals surface area contributed by atoms with Crippen molar-refractivity contribution in [3.8, 4) is 22.3 Å². The Morgan fingerprint density at radius 3 is 1.56 bits per heavy atom. The van der Waals surface area contributed by atoms with E-state index in [1.165, 1.54) is 65.3 Å². The largest absolute Gasteiger partial charge is 0.456 e. The zero-order valence-electron chi connectivity index (χ0n) is 29.4. The number of nitrogens with zero attached hydrogens (tertiary/aromatic N) is 1. The van der Waals surface area contributed by atoms with Gasteiger partial charge in [0, 0.05) is 16.8 Å². The quantitative estimate of drug-likeness (QED) is 0.168. The summed E-state index contributed by atoms with van der Waals surface area (Å²) >= 11 is 0. The van der Waals surface area contributed by atoms with E-state index in [0.717, 1.165) is 39.0 Å². The average Bonchev–Trinajstić information content (AvgIpc) is 3.64. The molecule has 0 fully saturated rings. The Morgan fingerprint density at radius 1 is 0.296 bits per heavy atom. The molecule has 0 aliphatic heterocycles. The predicted molar refractivity (Wildman–Crippen MR) is 229 cm³/mol. The van der Waals surface area contributed by atoms with Gasteiger partial charge in [-0.25, -0.2) is 0 Å². The summed E-state index contributed by atoms with van der Waals surface area (Å²) in [6, 6.07) is 72.2. The highest BCUT2D eigenvalue weighted by Gasteiger charge is 2.21. The molecule has 252 valence electrons. The first kappa shape index (κ1) is 30.5. The lowest BCUT2D eigenvalue weighted by molar-refractivity contribution is 0.669. The van der Waals surface area contributed by atoms with E-state index in [1.54, 1.807) is 0 Å². The molecule has 0 saturated carbocycles. The number of anilines is 3. The summed E-state index contributed by atoms with van der Waals surface area (Å²) in [4.78, 5) is 2.37. The van der Waals surface area contributed by atoms with E-state index < -0.39 is 0 Å². The van der Waals surface area contributed by atoms with Crippen molar-refractivity contribution in [2.45, 2.75) is 0 Å². The summed E-state index contributed by atoms with van der Waals surface area (Å²) in [5.74, 6) is 0. The SMILES string of the molecule is c1ccc(-c2ccc(N(c3ccc(-c4ccc5c(ccc6c7ccccc7ccc56)c4)cc3)c3cccc4oc5ccc6ccccc6c5c34)cc2)cc1. The first-order chi connectivity index (χ1) is 26.8. The highest BCUT2D eigenvalue weighted by molar-refractivity contribution is 6.23. The number of rotatable bonds is 5. The van der Waals surface area contributed by atoms with E-state index in [2.05, 4.69) is 205 Å².